The van der Waals surface area contributed by atoms with Gasteiger partial charge in [0.05, 0.1) is 5.52 Å². The maximum absolute atomic E-state index is 4.56. The molecule has 4 rings (SSSR count). The Hall–Kier alpha value is -2.41. The molecule has 1 heterocycles. The van der Waals surface area contributed by atoms with Crippen LogP contribution < -0.4 is 0 Å². The summed E-state index contributed by atoms with van der Waals surface area (Å²) in [5.74, 6) is 0. The fourth-order valence-corrected chi connectivity index (χ4v) is 2.86. The van der Waals surface area contributed by atoms with Gasteiger partial charge in [0.15, 0.2) is 0 Å². The maximum Gasteiger partial charge on any atom is 0.0780 e. The molecule has 0 unspecified atom stereocenters. The van der Waals surface area contributed by atoms with Crippen molar-refractivity contribution in [2.75, 3.05) is 0 Å². The van der Waals surface area contributed by atoms with Crippen LogP contribution in [0.3, 0.4) is 0 Å². The van der Waals surface area contributed by atoms with Gasteiger partial charge in [0.2, 0.25) is 0 Å². The van der Waals surface area contributed by atoms with Crippen LogP contribution in [0.5, 0.6) is 0 Å². The Labute approximate surface area is 112 Å². The predicted octanol–water partition coefficient (Wildman–Crippen LogP) is 4.22. The van der Waals surface area contributed by atoms with Gasteiger partial charge >= 0.3 is 0 Å². The SMILES string of the molecule is C1=C(c2cccc3cccnc23)c2ccccc2C1. The summed E-state index contributed by atoms with van der Waals surface area (Å²) in [4.78, 5) is 4.56. The Balaban J connectivity index is 1.98. The Morgan fingerprint density at radius 1 is 0.789 bits per heavy atom. The minimum atomic E-state index is 1.02. The first-order chi connectivity index (χ1) is 9.43. The summed E-state index contributed by atoms with van der Waals surface area (Å²) in [6.07, 6.45) is 5.20. The first-order valence-electron chi connectivity index (χ1n) is 6.56. The van der Waals surface area contributed by atoms with E-state index < -0.39 is 0 Å². The van der Waals surface area contributed by atoms with E-state index in [1.165, 1.54) is 27.6 Å². The number of hydrogen-bond donors (Lipinski definition) is 0. The summed E-state index contributed by atoms with van der Waals surface area (Å²) >= 11 is 0. The van der Waals surface area contributed by atoms with Gasteiger partial charge in [-0.25, -0.2) is 0 Å². The fourth-order valence-electron chi connectivity index (χ4n) is 2.86. The first-order valence-corrected chi connectivity index (χ1v) is 6.56. The van der Waals surface area contributed by atoms with Gasteiger partial charge in [0, 0.05) is 17.1 Å². The lowest BCUT2D eigenvalue weighted by Crippen LogP contribution is -1.90. The Morgan fingerprint density at radius 2 is 1.63 bits per heavy atom. The zero-order valence-corrected chi connectivity index (χ0v) is 10.5. The molecule has 0 radical (unpaired) electrons. The van der Waals surface area contributed by atoms with Crippen molar-refractivity contribution < 1.29 is 0 Å². The molecule has 90 valence electrons. The van der Waals surface area contributed by atoms with E-state index >= 15 is 0 Å². The van der Waals surface area contributed by atoms with E-state index in [0.717, 1.165) is 11.9 Å². The van der Waals surface area contributed by atoms with E-state index in [1.807, 2.05) is 12.3 Å². The first kappa shape index (κ1) is 10.5. The van der Waals surface area contributed by atoms with E-state index in [4.69, 9.17) is 0 Å². The standard InChI is InChI=1S/C18H13N/c1-2-8-15-13(5-1)10-11-16(15)17-9-3-6-14-7-4-12-19-18(14)17/h1-9,11-12H,10H2. The largest absolute Gasteiger partial charge is 0.256 e. The third-order valence-electron chi connectivity index (χ3n) is 3.76. The van der Waals surface area contributed by atoms with Crippen LogP contribution in [-0.4, -0.2) is 4.98 Å². The molecule has 0 fully saturated rings. The summed E-state index contributed by atoms with van der Waals surface area (Å²) in [5, 5.41) is 1.20. The summed E-state index contributed by atoms with van der Waals surface area (Å²) in [7, 11) is 0. The molecule has 0 bridgehead atoms. The highest BCUT2D eigenvalue weighted by Crippen LogP contribution is 2.35. The van der Waals surface area contributed by atoms with Crippen molar-refractivity contribution >= 4 is 16.5 Å². The van der Waals surface area contributed by atoms with Crippen LogP contribution in [0.25, 0.3) is 16.5 Å². The Bertz CT molecular complexity index is 794. The molecule has 19 heavy (non-hydrogen) atoms. The number of rotatable bonds is 1. The highest BCUT2D eigenvalue weighted by molar-refractivity contribution is 5.97. The van der Waals surface area contributed by atoms with Crippen LogP contribution in [0.4, 0.5) is 0 Å². The van der Waals surface area contributed by atoms with Crippen LogP contribution >= 0.6 is 0 Å². The topological polar surface area (TPSA) is 12.9 Å². The predicted molar refractivity (Wildman–Crippen MR) is 79.0 cm³/mol. The smallest absolute Gasteiger partial charge is 0.0780 e. The lowest BCUT2D eigenvalue weighted by atomic mass is 9.97. The van der Waals surface area contributed by atoms with Crippen LogP contribution in [0.2, 0.25) is 0 Å². The summed E-state index contributed by atoms with van der Waals surface area (Å²) < 4.78 is 0. The van der Waals surface area contributed by atoms with Gasteiger partial charge in [-0.1, -0.05) is 54.6 Å². The molecule has 2 aromatic carbocycles. The maximum atomic E-state index is 4.56. The van der Waals surface area contributed by atoms with Crippen molar-refractivity contribution in [1.82, 2.24) is 4.98 Å². The molecule has 0 amide bonds. The van der Waals surface area contributed by atoms with Crippen LogP contribution in [-0.2, 0) is 6.42 Å². The van der Waals surface area contributed by atoms with E-state index in [-0.39, 0.29) is 0 Å². The van der Waals surface area contributed by atoms with Crippen LogP contribution in [0.15, 0.2) is 66.9 Å². The highest BCUT2D eigenvalue weighted by Gasteiger charge is 2.16. The molecule has 1 aliphatic carbocycles. The molecule has 0 saturated heterocycles. The lowest BCUT2D eigenvalue weighted by molar-refractivity contribution is 1.31. The minimum Gasteiger partial charge on any atom is -0.256 e. The molecular formula is C18H13N. The van der Waals surface area contributed by atoms with E-state index in [9.17, 15) is 0 Å². The van der Waals surface area contributed by atoms with Gasteiger partial charge in [0.1, 0.15) is 0 Å². The highest BCUT2D eigenvalue weighted by atomic mass is 14.6. The zero-order valence-electron chi connectivity index (χ0n) is 10.5. The Morgan fingerprint density at radius 3 is 2.63 bits per heavy atom. The summed E-state index contributed by atoms with van der Waals surface area (Å²) in [5.41, 5.74) is 6.40. The van der Waals surface area contributed by atoms with Crippen molar-refractivity contribution in [3.8, 4) is 0 Å². The van der Waals surface area contributed by atoms with Crippen molar-refractivity contribution in [1.29, 1.82) is 0 Å². The molecule has 3 aromatic rings. The number of aromatic nitrogens is 1. The van der Waals surface area contributed by atoms with Gasteiger partial charge in [-0.2, -0.15) is 0 Å². The molecule has 0 aliphatic heterocycles. The lowest BCUT2D eigenvalue weighted by Gasteiger charge is -2.08. The van der Waals surface area contributed by atoms with E-state index in [0.29, 0.717) is 0 Å². The minimum absolute atomic E-state index is 1.02. The number of fused-ring (bicyclic) bond motifs is 2. The second-order valence-corrected chi connectivity index (χ2v) is 4.86. The fraction of sp³-hybridized carbons (Fsp3) is 0.0556. The third-order valence-corrected chi connectivity index (χ3v) is 3.76. The van der Waals surface area contributed by atoms with Crippen molar-refractivity contribution in [3.63, 3.8) is 0 Å². The zero-order chi connectivity index (χ0) is 12.7. The number of nitrogens with zero attached hydrogens (tertiary/aromatic N) is 1. The molecule has 0 atom stereocenters. The molecule has 0 spiro atoms. The van der Waals surface area contributed by atoms with E-state index in [2.05, 4.69) is 59.6 Å². The summed E-state index contributed by atoms with van der Waals surface area (Å²) in [6, 6.07) is 19.1. The summed E-state index contributed by atoms with van der Waals surface area (Å²) in [6.45, 7) is 0. The number of hydrogen-bond acceptors (Lipinski definition) is 1. The van der Waals surface area contributed by atoms with Crippen molar-refractivity contribution in [2.45, 2.75) is 6.42 Å². The van der Waals surface area contributed by atoms with Crippen LogP contribution in [0, 0.1) is 0 Å². The molecule has 0 N–H and O–H groups in total. The molecule has 1 nitrogen and oxygen atoms in total. The molecule has 1 heteroatoms. The second kappa shape index (κ2) is 4.06. The second-order valence-electron chi connectivity index (χ2n) is 4.86. The van der Waals surface area contributed by atoms with Crippen molar-refractivity contribution in [2.24, 2.45) is 0 Å². The number of benzene rings is 2. The normalized spacial score (nSPS) is 13.4. The quantitative estimate of drug-likeness (QED) is 0.623. The molecule has 1 aliphatic rings. The van der Waals surface area contributed by atoms with Gasteiger partial charge < -0.3 is 0 Å². The van der Waals surface area contributed by atoms with E-state index in [1.54, 1.807) is 0 Å². The van der Waals surface area contributed by atoms with Crippen LogP contribution in [0.1, 0.15) is 16.7 Å². The molecule has 1 aromatic heterocycles. The molecular weight excluding hydrogens is 230 g/mol. The third kappa shape index (κ3) is 1.59. The van der Waals surface area contributed by atoms with Gasteiger partial charge in [-0.3, -0.25) is 4.98 Å². The average molecular weight is 243 g/mol. The van der Waals surface area contributed by atoms with Crippen molar-refractivity contribution in [3.05, 3.63) is 83.6 Å². The van der Waals surface area contributed by atoms with Gasteiger partial charge in [0.25, 0.3) is 0 Å². The number of para-hydroxylation sites is 1. The number of allylic oxidation sites excluding steroid dienone is 1. The Kier molecular flexibility index (Phi) is 2.25. The average Bonchev–Trinajstić information content (AvgIpc) is 2.90. The van der Waals surface area contributed by atoms with Gasteiger partial charge in [-0.05, 0) is 29.2 Å². The van der Waals surface area contributed by atoms with Gasteiger partial charge in [-0.15, -0.1) is 0 Å². The molecule has 0 saturated carbocycles. The monoisotopic (exact) mass is 243 g/mol. The number of pyridine rings is 1.